The molecule has 0 fully saturated rings. The van der Waals surface area contributed by atoms with Crippen LogP contribution in [0.4, 0.5) is 0 Å². The van der Waals surface area contributed by atoms with E-state index in [1.807, 2.05) is 6.08 Å². The summed E-state index contributed by atoms with van der Waals surface area (Å²) in [5.41, 5.74) is -0.0622. The van der Waals surface area contributed by atoms with Gasteiger partial charge in [-0.05, 0) is 25.3 Å². The Morgan fingerprint density at radius 2 is 2.20 bits per heavy atom. The van der Waals surface area contributed by atoms with Gasteiger partial charge >= 0.3 is 5.97 Å². The van der Waals surface area contributed by atoms with Crippen LogP contribution in [0.15, 0.2) is 23.8 Å². The summed E-state index contributed by atoms with van der Waals surface area (Å²) in [6, 6.07) is 0. The van der Waals surface area contributed by atoms with Gasteiger partial charge in [0.25, 0.3) is 0 Å². The summed E-state index contributed by atoms with van der Waals surface area (Å²) in [6.45, 7) is 3.88. The molecule has 0 aromatic rings. The van der Waals surface area contributed by atoms with Crippen LogP contribution in [-0.2, 0) is 4.79 Å². The van der Waals surface area contributed by atoms with E-state index < -0.39 is 17.7 Å². The highest BCUT2D eigenvalue weighted by atomic mass is 16.4. The highest BCUT2D eigenvalue weighted by Crippen LogP contribution is 2.31. The number of aliphatic hydroxyl groups excluding tert-OH is 1. The number of carboxylic acid groups (broad SMARTS) is 1. The number of rotatable bonds is 8. The summed E-state index contributed by atoms with van der Waals surface area (Å²) in [5.74, 6) is -1.28. The smallest absolute Gasteiger partial charge is 0.304 e. The van der Waals surface area contributed by atoms with Crippen LogP contribution in [0, 0.1) is 5.92 Å². The first kappa shape index (κ1) is 16.9. The molecule has 4 heteroatoms. The van der Waals surface area contributed by atoms with Gasteiger partial charge in [0, 0.05) is 5.92 Å². The van der Waals surface area contributed by atoms with Gasteiger partial charge in [-0.15, -0.1) is 0 Å². The van der Waals surface area contributed by atoms with Gasteiger partial charge < -0.3 is 15.3 Å². The molecule has 0 aromatic heterocycles. The summed E-state index contributed by atoms with van der Waals surface area (Å²) in [6.07, 6.45) is 8.99. The Hall–Kier alpha value is -1.13. The first-order valence-corrected chi connectivity index (χ1v) is 7.37. The molecule has 0 aromatic carbocycles. The first-order valence-electron chi connectivity index (χ1n) is 7.37. The van der Waals surface area contributed by atoms with Crippen LogP contribution < -0.4 is 0 Å². The number of hydrogen-bond acceptors (Lipinski definition) is 3. The second kappa shape index (κ2) is 7.60. The predicted molar refractivity (Wildman–Crippen MR) is 78.4 cm³/mol. The maximum absolute atomic E-state index is 10.8. The fraction of sp³-hybridized carbons (Fsp3) is 0.688. The van der Waals surface area contributed by atoms with E-state index in [4.69, 9.17) is 5.11 Å². The van der Waals surface area contributed by atoms with Crippen molar-refractivity contribution in [3.8, 4) is 0 Å². The Kier molecular flexibility index (Phi) is 6.43. The van der Waals surface area contributed by atoms with Crippen molar-refractivity contribution >= 4 is 5.97 Å². The number of hydrogen-bond donors (Lipinski definition) is 3. The van der Waals surface area contributed by atoms with Crippen LogP contribution >= 0.6 is 0 Å². The number of carboxylic acids is 1. The molecule has 0 unspecified atom stereocenters. The highest BCUT2D eigenvalue weighted by Gasteiger charge is 2.29. The molecule has 0 spiro atoms. The standard InChI is InChI=1S/C16H26O4/c1-3-4-5-9-16(2,20)10-8-12-6-7-14(17)13(12)11-15(18)19/h6,8,10,13-14,17,20H,3-5,7,9,11H2,1-2H3,(H,18,19)/t13-,14-,16-/m1/s1. The van der Waals surface area contributed by atoms with Crippen LogP contribution in [0.3, 0.4) is 0 Å². The Bertz CT molecular complexity index is 382. The molecule has 0 heterocycles. The third-order valence-corrected chi connectivity index (χ3v) is 3.80. The van der Waals surface area contributed by atoms with E-state index in [1.54, 1.807) is 19.1 Å². The molecule has 3 atom stereocenters. The number of unbranched alkanes of at least 4 members (excludes halogenated alkanes) is 2. The average molecular weight is 282 g/mol. The second-order valence-electron chi connectivity index (χ2n) is 5.86. The molecule has 1 rings (SSSR count). The normalized spacial score (nSPS) is 25.7. The lowest BCUT2D eigenvalue weighted by atomic mass is 9.92. The van der Waals surface area contributed by atoms with Crippen LogP contribution in [-0.4, -0.2) is 33.0 Å². The molecule has 114 valence electrons. The van der Waals surface area contributed by atoms with Crippen molar-refractivity contribution in [2.24, 2.45) is 5.92 Å². The van der Waals surface area contributed by atoms with Crippen LogP contribution in [0.1, 0.15) is 52.4 Å². The Balaban J connectivity index is 2.61. The molecule has 20 heavy (non-hydrogen) atoms. The lowest BCUT2D eigenvalue weighted by molar-refractivity contribution is -0.138. The average Bonchev–Trinajstić information content (AvgIpc) is 2.68. The van der Waals surface area contributed by atoms with Crippen molar-refractivity contribution in [2.75, 3.05) is 0 Å². The zero-order valence-corrected chi connectivity index (χ0v) is 12.4. The Morgan fingerprint density at radius 1 is 1.50 bits per heavy atom. The molecule has 1 aliphatic carbocycles. The monoisotopic (exact) mass is 282 g/mol. The van der Waals surface area contributed by atoms with Crippen molar-refractivity contribution in [1.82, 2.24) is 0 Å². The Labute approximate surface area is 120 Å². The summed E-state index contributed by atoms with van der Waals surface area (Å²) in [7, 11) is 0. The van der Waals surface area contributed by atoms with Crippen molar-refractivity contribution in [3.05, 3.63) is 23.8 Å². The minimum atomic E-state index is -0.912. The van der Waals surface area contributed by atoms with E-state index in [1.165, 1.54) is 0 Å². The molecule has 0 aliphatic heterocycles. The minimum Gasteiger partial charge on any atom is -0.481 e. The highest BCUT2D eigenvalue weighted by molar-refractivity contribution is 5.68. The van der Waals surface area contributed by atoms with Gasteiger partial charge in [0.15, 0.2) is 0 Å². The second-order valence-corrected chi connectivity index (χ2v) is 5.86. The summed E-state index contributed by atoms with van der Waals surface area (Å²) < 4.78 is 0. The molecule has 0 saturated carbocycles. The Morgan fingerprint density at radius 3 is 2.80 bits per heavy atom. The van der Waals surface area contributed by atoms with Crippen LogP contribution in [0.25, 0.3) is 0 Å². The van der Waals surface area contributed by atoms with Crippen molar-refractivity contribution in [1.29, 1.82) is 0 Å². The lowest BCUT2D eigenvalue weighted by Crippen LogP contribution is -2.22. The molecular weight excluding hydrogens is 256 g/mol. The molecule has 0 amide bonds. The first-order chi connectivity index (χ1) is 9.35. The molecule has 0 bridgehead atoms. The van der Waals surface area contributed by atoms with Crippen LogP contribution in [0.2, 0.25) is 0 Å². The van der Waals surface area contributed by atoms with Gasteiger partial charge in [-0.1, -0.05) is 44.4 Å². The quantitative estimate of drug-likeness (QED) is 0.598. The van der Waals surface area contributed by atoms with E-state index in [0.717, 1.165) is 24.8 Å². The van der Waals surface area contributed by atoms with Gasteiger partial charge in [0.05, 0.1) is 18.1 Å². The van der Waals surface area contributed by atoms with E-state index in [2.05, 4.69) is 6.92 Å². The zero-order chi connectivity index (χ0) is 15.2. The van der Waals surface area contributed by atoms with E-state index >= 15 is 0 Å². The predicted octanol–water partition coefficient (Wildman–Crippen LogP) is 2.66. The SMILES string of the molecule is CCCCC[C@@](C)(O)C=CC1=CC[C@@H](O)[C@@H]1CC(=O)O. The number of carbonyl (C=O) groups is 1. The topological polar surface area (TPSA) is 77.8 Å². The van der Waals surface area contributed by atoms with E-state index in [0.29, 0.717) is 12.8 Å². The van der Waals surface area contributed by atoms with Gasteiger partial charge in [0.2, 0.25) is 0 Å². The maximum Gasteiger partial charge on any atom is 0.304 e. The zero-order valence-electron chi connectivity index (χ0n) is 12.4. The van der Waals surface area contributed by atoms with E-state index in [-0.39, 0.29) is 12.3 Å². The van der Waals surface area contributed by atoms with E-state index in [9.17, 15) is 15.0 Å². The van der Waals surface area contributed by atoms with Crippen molar-refractivity contribution < 1.29 is 20.1 Å². The van der Waals surface area contributed by atoms with Gasteiger partial charge in [-0.3, -0.25) is 4.79 Å². The molecular formula is C16H26O4. The summed E-state index contributed by atoms with van der Waals surface area (Å²) in [5, 5.41) is 28.9. The summed E-state index contributed by atoms with van der Waals surface area (Å²) in [4.78, 5) is 10.8. The third-order valence-electron chi connectivity index (χ3n) is 3.80. The molecule has 0 radical (unpaired) electrons. The fourth-order valence-electron chi connectivity index (χ4n) is 2.52. The van der Waals surface area contributed by atoms with Crippen LogP contribution in [0.5, 0.6) is 0 Å². The molecule has 4 nitrogen and oxygen atoms in total. The summed E-state index contributed by atoms with van der Waals surface area (Å²) >= 11 is 0. The van der Waals surface area contributed by atoms with Gasteiger partial charge in [-0.25, -0.2) is 0 Å². The molecule has 1 aliphatic rings. The number of aliphatic hydroxyl groups is 2. The number of allylic oxidation sites excluding steroid dienone is 1. The van der Waals surface area contributed by atoms with Crippen molar-refractivity contribution in [2.45, 2.75) is 64.1 Å². The number of aliphatic carboxylic acids is 1. The fourth-order valence-corrected chi connectivity index (χ4v) is 2.52. The van der Waals surface area contributed by atoms with Crippen molar-refractivity contribution in [3.63, 3.8) is 0 Å². The molecule has 0 saturated heterocycles. The third kappa shape index (κ3) is 5.47. The largest absolute Gasteiger partial charge is 0.481 e. The maximum atomic E-state index is 10.8. The lowest BCUT2D eigenvalue weighted by Gasteiger charge is -2.20. The van der Waals surface area contributed by atoms with Gasteiger partial charge in [-0.2, -0.15) is 0 Å². The molecule has 3 N–H and O–H groups in total. The van der Waals surface area contributed by atoms with Gasteiger partial charge in [0.1, 0.15) is 0 Å². The minimum absolute atomic E-state index is 0.0741.